The third-order valence-corrected chi connectivity index (χ3v) is 5.32. The van der Waals surface area contributed by atoms with Crippen molar-refractivity contribution in [1.82, 2.24) is 0 Å². The fraction of sp³-hybridized carbons (Fsp3) is 0.136. The number of rotatable bonds is 7. The van der Waals surface area contributed by atoms with Gasteiger partial charge in [0.25, 0.3) is 5.91 Å². The van der Waals surface area contributed by atoms with E-state index >= 15 is 0 Å². The van der Waals surface area contributed by atoms with E-state index in [9.17, 15) is 13.6 Å². The number of carbonyl (C=O) groups excluding carboxylic acids is 1. The average Bonchev–Trinajstić information content (AvgIpc) is 2.70. The van der Waals surface area contributed by atoms with Gasteiger partial charge in [0.15, 0.2) is 0 Å². The quantitative estimate of drug-likeness (QED) is 0.429. The van der Waals surface area contributed by atoms with Crippen molar-refractivity contribution in [2.75, 3.05) is 11.9 Å². The minimum atomic E-state index is -0.831. The molecule has 0 radical (unpaired) electrons. The predicted molar refractivity (Wildman–Crippen MR) is 113 cm³/mol. The number of halogens is 3. The van der Waals surface area contributed by atoms with E-state index in [2.05, 4.69) is 5.32 Å². The Bertz CT molecular complexity index is 1010. The Balaban J connectivity index is 1.79. The number of carbonyl (C=O) groups is 1. The van der Waals surface area contributed by atoms with Crippen molar-refractivity contribution in [3.05, 3.63) is 88.4 Å². The van der Waals surface area contributed by atoms with Gasteiger partial charge in [-0.05, 0) is 61.5 Å². The fourth-order valence-electron chi connectivity index (χ4n) is 2.61. The van der Waals surface area contributed by atoms with Crippen LogP contribution in [0, 0.1) is 11.6 Å². The molecule has 0 heterocycles. The summed E-state index contributed by atoms with van der Waals surface area (Å²) in [6.45, 7) is 2.37. The maximum atomic E-state index is 13.8. The molecule has 0 saturated carbocycles. The molecule has 0 spiro atoms. The standard InChI is InChI=1S/C22H18ClF2NO2S/c1-2-28-21-10-3-14(22(27)26-20-9-6-17(24)12-19(20)25)11-15(21)13-29-18-7-4-16(23)5-8-18/h3-12H,2,13H2,1H3,(H,26,27). The van der Waals surface area contributed by atoms with Gasteiger partial charge in [-0.3, -0.25) is 4.79 Å². The lowest BCUT2D eigenvalue weighted by Crippen LogP contribution is -2.13. The Morgan fingerprint density at radius 3 is 2.52 bits per heavy atom. The van der Waals surface area contributed by atoms with Crippen molar-refractivity contribution < 1.29 is 18.3 Å². The van der Waals surface area contributed by atoms with Gasteiger partial charge in [0.05, 0.1) is 12.3 Å². The Morgan fingerprint density at radius 1 is 1.07 bits per heavy atom. The van der Waals surface area contributed by atoms with E-state index in [4.69, 9.17) is 16.3 Å². The molecule has 3 aromatic carbocycles. The number of nitrogens with one attached hydrogen (secondary N) is 1. The summed E-state index contributed by atoms with van der Waals surface area (Å²) in [5, 5.41) is 3.13. The zero-order chi connectivity index (χ0) is 20.8. The number of amides is 1. The van der Waals surface area contributed by atoms with Crippen LogP contribution in [-0.2, 0) is 5.75 Å². The summed E-state index contributed by atoms with van der Waals surface area (Å²) < 4.78 is 32.5. The molecule has 0 unspecified atom stereocenters. The molecule has 3 rings (SSSR count). The van der Waals surface area contributed by atoms with Crippen LogP contribution in [0.1, 0.15) is 22.8 Å². The van der Waals surface area contributed by atoms with Crippen LogP contribution in [0.2, 0.25) is 5.02 Å². The van der Waals surface area contributed by atoms with Crippen LogP contribution < -0.4 is 10.1 Å². The number of hydrogen-bond donors (Lipinski definition) is 1. The number of benzene rings is 3. The van der Waals surface area contributed by atoms with Gasteiger partial charge < -0.3 is 10.1 Å². The van der Waals surface area contributed by atoms with Crippen LogP contribution in [0.25, 0.3) is 0 Å². The minimum Gasteiger partial charge on any atom is -0.494 e. The van der Waals surface area contributed by atoms with E-state index in [1.54, 1.807) is 30.0 Å². The lowest BCUT2D eigenvalue weighted by molar-refractivity contribution is 0.102. The van der Waals surface area contributed by atoms with Gasteiger partial charge >= 0.3 is 0 Å². The van der Waals surface area contributed by atoms with E-state index < -0.39 is 17.5 Å². The van der Waals surface area contributed by atoms with Crippen molar-refractivity contribution in [2.45, 2.75) is 17.6 Å². The Morgan fingerprint density at radius 2 is 1.83 bits per heavy atom. The summed E-state index contributed by atoms with van der Waals surface area (Å²) in [5.41, 5.74) is 1.10. The van der Waals surface area contributed by atoms with E-state index in [-0.39, 0.29) is 5.69 Å². The smallest absolute Gasteiger partial charge is 0.255 e. The van der Waals surface area contributed by atoms with E-state index in [0.717, 1.165) is 22.6 Å². The number of thioether (sulfide) groups is 1. The van der Waals surface area contributed by atoms with Crippen molar-refractivity contribution in [1.29, 1.82) is 0 Å². The second-order valence-corrected chi connectivity index (χ2v) is 7.56. The molecular weight excluding hydrogens is 416 g/mol. The molecule has 0 fully saturated rings. The molecule has 3 nitrogen and oxygen atoms in total. The molecule has 1 amide bonds. The Hall–Kier alpha value is -2.57. The van der Waals surface area contributed by atoms with Crippen LogP contribution in [0.4, 0.5) is 14.5 Å². The third kappa shape index (κ3) is 5.71. The van der Waals surface area contributed by atoms with Gasteiger partial charge in [0.1, 0.15) is 17.4 Å². The molecule has 0 aliphatic carbocycles. The summed E-state index contributed by atoms with van der Waals surface area (Å²) in [4.78, 5) is 13.6. The Kier molecular flexibility index (Phi) is 7.12. The predicted octanol–water partition coefficient (Wildman–Crippen LogP) is 6.56. The van der Waals surface area contributed by atoms with Crippen molar-refractivity contribution in [2.24, 2.45) is 0 Å². The van der Waals surface area contributed by atoms with Gasteiger partial charge in [0.2, 0.25) is 0 Å². The first kappa shape index (κ1) is 21.1. The Labute approximate surface area is 177 Å². The van der Waals surface area contributed by atoms with Crippen LogP contribution in [0.5, 0.6) is 5.75 Å². The summed E-state index contributed by atoms with van der Waals surface area (Å²) >= 11 is 7.49. The molecule has 1 N–H and O–H groups in total. The maximum absolute atomic E-state index is 13.8. The fourth-order valence-corrected chi connectivity index (χ4v) is 3.61. The van der Waals surface area contributed by atoms with Crippen LogP contribution in [0.15, 0.2) is 65.6 Å². The summed E-state index contributed by atoms with van der Waals surface area (Å²) in [6.07, 6.45) is 0. The highest BCUT2D eigenvalue weighted by Gasteiger charge is 2.13. The van der Waals surface area contributed by atoms with Crippen LogP contribution in [-0.4, -0.2) is 12.5 Å². The highest BCUT2D eigenvalue weighted by molar-refractivity contribution is 7.98. The minimum absolute atomic E-state index is 0.0811. The summed E-state index contributed by atoms with van der Waals surface area (Å²) in [6, 6.07) is 15.5. The van der Waals surface area contributed by atoms with Gasteiger partial charge in [-0.15, -0.1) is 11.8 Å². The van der Waals surface area contributed by atoms with Gasteiger partial charge in [-0.2, -0.15) is 0 Å². The van der Waals surface area contributed by atoms with E-state index in [1.165, 1.54) is 6.07 Å². The molecule has 0 bridgehead atoms. The normalized spacial score (nSPS) is 10.6. The largest absolute Gasteiger partial charge is 0.494 e. The molecule has 0 aromatic heterocycles. The molecule has 0 atom stereocenters. The second kappa shape index (κ2) is 9.76. The lowest BCUT2D eigenvalue weighted by atomic mass is 10.1. The summed E-state index contributed by atoms with van der Waals surface area (Å²) in [7, 11) is 0. The van der Waals surface area contributed by atoms with Crippen molar-refractivity contribution in [3.8, 4) is 5.75 Å². The highest BCUT2D eigenvalue weighted by atomic mass is 35.5. The van der Waals surface area contributed by atoms with E-state index in [1.807, 2.05) is 31.2 Å². The number of ether oxygens (including phenoxy) is 1. The SMILES string of the molecule is CCOc1ccc(C(=O)Nc2ccc(F)cc2F)cc1CSc1ccc(Cl)cc1. The highest BCUT2D eigenvalue weighted by Crippen LogP contribution is 2.30. The first-order valence-corrected chi connectivity index (χ1v) is 10.2. The average molecular weight is 434 g/mol. The first-order chi connectivity index (χ1) is 14.0. The van der Waals surface area contributed by atoms with Gasteiger partial charge in [0, 0.05) is 32.9 Å². The third-order valence-electron chi connectivity index (χ3n) is 4.01. The molecular formula is C22H18ClF2NO2S. The zero-order valence-corrected chi connectivity index (χ0v) is 17.1. The number of anilines is 1. The van der Waals surface area contributed by atoms with Gasteiger partial charge in [-0.1, -0.05) is 11.6 Å². The molecule has 3 aromatic rings. The molecule has 150 valence electrons. The molecule has 29 heavy (non-hydrogen) atoms. The molecule has 0 aliphatic rings. The zero-order valence-electron chi connectivity index (χ0n) is 15.5. The van der Waals surface area contributed by atoms with Crippen molar-refractivity contribution >= 4 is 35.0 Å². The van der Waals surface area contributed by atoms with Crippen molar-refractivity contribution in [3.63, 3.8) is 0 Å². The molecule has 0 aliphatic heterocycles. The van der Waals surface area contributed by atoms with Gasteiger partial charge in [-0.25, -0.2) is 8.78 Å². The van der Waals surface area contributed by atoms with Crippen LogP contribution in [0.3, 0.4) is 0 Å². The number of hydrogen-bond acceptors (Lipinski definition) is 3. The van der Waals surface area contributed by atoms with Crippen LogP contribution >= 0.6 is 23.4 Å². The molecule has 0 saturated heterocycles. The lowest BCUT2D eigenvalue weighted by Gasteiger charge is -2.13. The first-order valence-electron chi connectivity index (χ1n) is 8.86. The molecule has 7 heteroatoms. The monoisotopic (exact) mass is 433 g/mol. The van der Waals surface area contributed by atoms with E-state index in [0.29, 0.717) is 28.7 Å². The topological polar surface area (TPSA) is 38.3 Å². The maximum Gasteiger partial charge on any atom is 0.255 e. The second-order valence-electron chi connectivity index (χ2n) is 6.08. The summed E-state index contributed by atoms with van der Waals surface area (Å²) in [5.74, 6) is -0.774.